The van der Waals surface area contributed by atoms with Crippen LogP contribution in [0.15, 0.2) is 60.7 Å². The minimum atomic E-state index is -0.683. The van der Waals surface area contributed by atoms with E-state index in [0.717, 1.165) is 12.0 Å². The molecule has 0 bridgehead atoms. The van der Waals surface area contributed by atoms with Crippen molar-refractivity contribution >= 4 is 23.4 Å². The van der Waals surface area contributed by atoms with Crippen molar-refractivity contribution in [3.8, 4) is 11.5 Å². The first-order valence-electron chi connectivity index (χ1n) is 15.5. The number of likely N-dealkylation sites (tertiary alicyclic amines) is 1. The fraction of sp³-hybridized carbons (Fsp3) is 0.500. The maximum atomic E-state index is 13.8. The van der Waals surface area contributed by atoms with Gasteiger partial charge in [-0.2, -0.15) is 0 Å². The molecule has 1 spiro atoms. The summed E-state index contributed by atoms with van der Waals surface area (Å²) in [4.78, 5) is 42.8. The molecule has 0 unspecified atom stereocenters. The van der Waals surface area contributed by atoms with E-state index in [-0.39, 0.29) is 36.2 Å². The van der Waals surface area contributed by atoms with Gasteiger partial charge in [0.25, 0.3) is 0 Å². The Hall–Kier alpha value is -3.89. The molecule has 5 rings (SSSR count). The molecule has 3 heterocycles. The summed E-state index contributed by atoms with van der Waals surface area (Å²) < 4.78 is 16.3. The molecule has 2 saturated heterocycles. The highest BCUT2D eigenvalue weighted by Crippen LogP contribution is 2.36. The molecule has 0 aliphatic carbocycles. The number of methoxy groups -OCH3 is 2. The fourth-order valence-corrected chi connectivity index (χ4v) is 6.49. The zero-order chi connectivity index (χ0) is 30.9. The van der Waals surface area contributed by atoms with E-state index in [0.29, 0.717) is 75.6 Å². The van der Waals surface area contributed by atoms with Crippen LogP contribution in [0.5, 0.6) is 11.5 Å². The van der Waals surface area contributed by atoms with Crippen LogP contribution < -0.4 is 25.4 Å². The molecule has 0 radical (unpaired) electrons. The number of piperidine rings is 1. The van der Waals surface area contributed by atoms with E-state index in [9.17, 15) is 14.4 Å². The lowest BCUT2D eigenvalue weighted by atomic mass is 9.75. The Bertz CT molecular complexity index is 1330. The SMILES string of the molecule is COc1ccc(NC(=O)CN2CC[C@H]3NC(=O)[C@@H](Cc4ccccc4)NC(=O)C4(C/C=C/C[C@H]3C2)CCOCC4)c(OC)c1. The second-order valence-electron chi connectivity index (χ2n) is 12.0. The largest absolute Gasteiger partial charge is 0.497 e. The number of carbonyl (C=O) groups is 3. The van der Waals surface area contributed by atoms with E-state index in [2.05, 4.69) is 33.0 Å². The summed E-state index contributed by atoms with van der Waals surface area (Å²) in [7, 11) is 3.14. The van der Waals surface area contributed by atoms with Gasteiger partial charge in [0, 0.05) is 44.8 Å². The topological polar surface area (TPSA) is 118 Å². The Labute approximate surface area is 259 Å². The maximum absolute atomic E-state index is 13.8. The molecule has 0 aromatic heterocycles. The summed E-state index contributed by atoms with van der Waals surface area (Å²) in [6, 6.07) is 14.3. The summed E-state index contributed by atoms with van der Waals surface area (Å²) in [6.07, 6.45) is 7.98. The lowest BCUT2D eigenvalue weighted by Gasteiger charge is -2.40. The van der Waals surface area contributed by atoms with Crippen molar-refractivity contribution in [3.05, 3.63) is 66.2 Å². The van der Waals surface area contributed by atoms with Crippen LogP contribution in [0.25, 0.3) is 0 Å². The highest BCUT2D eigenvalue weighted by atomic mass is 16.5. The van der Waals surface area contributed by atoms with Crippen LogP contribution >= 0.6 is 0 Å². The molecule has 3 aliphatic rings. The predicted molar refractivity (Wildman–Crippen MR) is 168 cm³/mol. The number of allylic oxidation sites excluding steroid dienone is 2. The van der Waals surface area contributed by atoms with Crippen molar-refractivity contribution in [1.29, 1.82) is 0 Å². The number of nitrogens with zero attached hydrogens (tertiary/aromatic N) is 1. The van der Waals surface area contributed by atoms with E-state index in [1.54, 1.807) is 32.4 Å². The fourth-order valence-electron chi connectivity index (χ4n) is 6.49. The third-order valence-electron chi connectivity index (χ3n) is 9.15. The van der Waals surface area contributed by atoms with Crippen LogP contribution in [0.1, 0.15) is 37.7 Å². The van der Waals surface area contributed by atoms with Crippen molar-refractivity contribution < 1.29 is 28.6 Å². The number of anilines is 1. The normalized spacial score (nSPS) is 24.9. The molecule has 3 amide bonds. The Balaban J connectivity index is 1.30. The molecule has 2 aromatic carbocycles. The molecule has 0 saturated carbocycles. The molecule has 3 N–H and O–H groups in total. The van der Waals surface area contributed by atoms with Crippen molar-refractivity contribution in [2.45, 2.75) is 50.6 Å². The van der Waals surface area contributed by atoms with Gasteiger partial charge in [0.05, 0.1) is 31.9 Å². The van der Waals surface area contributed by atoms with E-state index in [1.165, 1.54) is 0 Å². The van der Waals surface area contributed by atoms with Gasteiger partial charge in [-0.05, 0) is 55.7 Å². The van der Waals surface area contributed by atoms with Crippen LogP contribution in [0.3, 0.4) is 0 Å². The third kappa shape index (κ3) is 7.78. The van der Waals surface area contributed by atoms with Crippen LogP contribution in [0.4, 0.5) is 5.69 Å². The van der Waals surface area contributed by atoms with E-state index in [1.807, 2.05) is 30.3 Å². The molecule has 2 aromatic rings. The molecule has 3 atom stereocenters. The van der Waals surface area contributed by atoms with Crippen LogP contribution in [0.2, 0.25) is 0 Å². The second kappa shape index (κ2) is 14.7. The lowest BCUT2D eigenvalue weighted by molar-refractivity contribution is -0.140. The number of benzene rings is 2. The Kier molecular flexibility index (Phi) is 10.6. The summed E-state index contributed by atoms with van der Waals surface area (Å²) in [6.45, 7) is 2.61. The highest BCUT2D eigenvalue weighted by molar-refractivity contribution is 5.94. The molecule has 44 heavy (non-hydrogen) atoms. The Morgan fingerprint density at radius 1 is 1.05 bits per heavy atom. The summed E-state index contributed by atoms with van der Waals surface area (Å²) >= 11 is 0. The lowest BCUT2D eigenvalue weighted by Crippen LogP contribution is -2.58. The zero-order valence-corrected chi connectivity index (χ0v) is 25.7. The van der Waals surface area contributed by atoms with Gasteiger partial charge in [-0.25, -0.2) is 0 Å². The number of carbonyl (C=O) groups excluding carboxylic acids is 3. The minimum absolute atomic E-state index is 0.0696. The number of hydrogen-bond acceptors (Lipinski definition) is 7. The smallest absolute Gasteiger partial charge is 0.243 e. The first kappa shape index (κ1) is 31.5. The Morgan fingerprint density at radius 3 is 2.59 bits per heavy atom. The number of hydrogen-bond donors (Lipinski definition) is 3. The van der Waals surface area contributed by atoms with Gasteiger partial charge in [0.1, 0.15) is 17.5 Å². The van der Waals surface area contributed by atoms with Crippen molar-refractivity contribution in [3.63, 3.8) is 0 Å². The standard InChI is InChI=1S/C34H44N4O6/c1-42-26-11-12-28(30(21-26)43-2)35-31(39)23-38-17-13-27-25(22-38)10-6-7-14-34(15-18-44-19-16-34)33(41)37-29(32(40)36-27)20-24-8-4-3-5-9-24/h3-9,11-12,21,25,27,29H,10,13-20,22-23H2,1-2H3,(H,35,39)(H,36,40)(H,37,41)/b7-6+/t25-,27+,29+/m0/s1. The molecule has 10 nitrogen and oxygen atoms in total. The van der Waals surface area contributed by atoms with Crippen LogP contribution in [0, 0.1) is 11.3 Å². The summed E-state index contributed by atoms with van der Waals surface area (Å²) in [5.74, 6) is 0.919. The quantitative estimate of drug-likeness (QED) is 0.415. The first-order chi connectivity index (χ1) is 21.4. The van der Waals surface area contributed by atoms with Gasteiger partial charge in [0.2, 0.25) is 17.7 Å². The third-order valence-corrected chi connectivity index (χ3v) is 9.15. The number of fused-ring (bicyclic) bond motifs is 1. The first-order valence-corrected chi connectivity index (χ1v) is 15.5. The van der Waals surface area contributed by atoms with Gasteiger partial charge in [-0.3, -0.25) is 19.3 Å². The van der Waals surface area contributed by atoms with E-state index in [4.69, 9.17) is 14.2 Å². The second-order valence-corrected chi connectivity index (χ2v) is 12.0. The highest BCUT2D eigenvalue weighted by Gasteiger charge is 2.41. The van der Waals surface area contributed by atoms with Gasteiger partial charge >= 0.3 is 0 Å². The molecule has 10 heteroatoms. The van der Waals surface area contributed by atoms with E-state index < -0.39 is 11.5 Å². The van der Waals surface area contributed by atoms with Gasteiger partial charge in [-0.1, -0.05) is 42.5 Å². The van der Waals surface area contributed by atoms with Crippen LogP contribution in [-0.4, -0.2) is 81.8 Å². The zero-order valence-electron chi connectivity index (χ0n) is 25.7. The van der Waals surface area contributed by atoms with Crippen molar-refractivity contribution in [2.24, 2.45) is 11.3 Å². The van der Waals surface area contributed by atoms with Crippen molar-refractivity contribution in [1.82, 2.24) is 15.5 Å². The average molecular weight is 605 g/mol. The van der Waals surface area contributed by atoms with Crippen LogP contribution in [-0.2, 0) is 25.5 Å². The number of ether oxygens (including phenoxy) is 3. The molecular formula is C34H44N4O6. The predicted octanol–water partition coefficient (Wildman–Crippen LogP) is 3.32. The average Bonchev–Trinajstić information content (AvgIpc) is 3.04. The minimum Gasteiger partial charge on any atom is -0.497 e. The molecule has 236 valence electrons. The Morgan fingerprint density at radius 2 is 1.84 bits per heavy atom. The number of rotatable bonds is 7. The molecule has 2 fully saturated rings. The maximum Gasteiger partial charge on any atom is 0.243 e. The molecule has 3 aliphatic heterocycles. The van der Waals surface area contributed by atoms with Gasteiger partial charge in [0.15, 0.2) is 0 Å². The van der Waals surface area contributed by atoms with Gasteiger partial charge in [-0.15, -0.1) is 0 Å². The summed E-state index contributed by atoms with van der Waals surface area (Å²) in [5, 5.41) is 9.40. The molecular weight excluding hydrogens is 560 g/mol. The summed E-state index contributed by atoms with van der Waals surface area (Å²) in [5.41, 5.74) is 0.983. The van der Waals surface area contributed by atoms with Gasteiger partial charge < -0.3 is 30.2 Å². The van der Waals surface area contributed by atoms with Crippen molar-refractivity contribution in [2.75, 3.05) is 52.4 Å². The monoisotopic (exact) mass is 604 g/mol. The van der Waals surface area contributed by atoms with E-state index >= 15 is 0 Å². The number of amides is 3. The number of nitrogens with one attached hydrogen (secondary N) is 3.